The lowest BCUT2D eigenvalue weighted by Gasteiger charge is -2.31. The van der Waals surface area contributed by atoms with E-state index in [1.807, 2.05) is 0 Å². The van der Waals surface area contributed by atoms with Crippen molar-refractivity contribution in [1.82, 2.24) is 101 Å². The number of aliphatic hydroxyl groups is 2. The quantitative estimate of drug-likeness (QED) is 0.0153. The maximum absolute atomic E-state index is 14.5. The van der Waals surface area contributed by atoms with Crippen molar-refractivity contribution in [2.45, 2.75) is 316 Å². The van der Waals surface area contributed by atoms with Crippen LogP contribution in [0.25, 0.3) is 0 Å². The molecule has 1 rings (SSSR count). The van der Waals surface area contributed by atoms with Crippen LogP contribution >= 0.6 is 0 Å². The maximum atomic E-state index is 14.5. The Balaban J connectivity index is 3.48. The van der Waals surface area contributed by atoms with E-state index in [0.29, 0.717) is 0 Å². The third-order valence-electron chi connectivity index (χ3n) is 21.8. The molecule has 0 aromatic carbocycles. The Kier molecular flexibility index (Phi) is 55.7. The number of nitrogens with zero attached hydrogens (tertiary/aromatic N) is 1. The Hall–Kier alpha value is -13.2. The second kappa shape index (κ2) is 62.6. The standard InChI is InChI=1S/C86H150N26O27/c1-16-45(14)68(82(136)103-50(84(138)139)21-18-28-95-86(92)93)111-76(130)55(34-60(88)116)105-71(125)49(23-25-59(87)115)102-72(126)51(30-39(2)3)98-62(118)37-97-80(134)66(43(10)11)109-75(129)52(31-40(4)5)99-61(117)36-96-69(123)48(24-26-63(119)120)101-73(127)53(32-41(6)7)104-77(131)57(38-113)108-70(124)47(20-17-27-94-85(90)91)100-74(128)54(33-42(8)9)106-81(135)67(44(12)13)110-78(132)58-22-19-29-112(58)83(137)56(35-64(121)122)107-79(133)65(89)46(15)114/h39-58,65-68,113-114H,16-38,89H2,1-15H3,(H2,87,115)(H2,88,116)(H,96,123)(H,97,134)(H,98,118)(H,99,117)(H,100,128)(H,101,127)(H,102,126)(H,103,136)(H,104,131)(H,105,125)(H,106,135)(H,107,133)(H,108,124)(H,109,129)(H,110,132)(H,111,130)(H,119,120)(H,121,122)(H,138,139)(H4,90,91,94)(H4,92,93,95)/t45-,46+,47-,48-,49-,50-,51-,52-,53-,54-,55-,56-,57-,58-,65-,66-,67-,68-/m0/s1. The fourth-order valence-corrected chi connectivity index (χ4v) is 14.2. The highest BCUT2D eigenvalue weighted by molar-refractivity contribution is 6.02. The molecule has 139 heavy (non-hydrogen) atoms. The van der Waals surface area contributed by atoms with Gasteiger partial charge in [0.2, 0.25) is 112 Å². The van der Waals surface area contributed by atoms with Crippen LogP contribution in [-0.2, 0) is 105 Å². The van der Waals surface area contributed by atoms with E-state index < -0.39 is 321 Å². The number of nitrogens with two attached hydrogens (primary N) is 5. The normalized spacial score (nSPS) is 16.0. The molecule has 18 atom stereocenters. The summed E-state index contributed by atoms with van der Waals surface area (Å²) in [4.78, 5) is 300. The molecule has 1 fully saturated rings. The molecule has 35 N–H and O–H groups in total. The van der Waals surface area contributed by atoms with Crippen molar-refractivity contribution in [3.8, 4) is 0 Å². The highest BCUT2D eigenvalue weighted by Gasteiger charge is 2.44. The summed E-state index contributed by atoms with van der Waals surface area (Å²) in [7, 11) is 0. The number of primary amides is 2. The average molecular weight is 1980 g/mol. The Morgan fingerprint density at radius 3 is 1.15 bits per heavy atom. The van der Waals surface area contributed by atoms with Crippen LogP contribution < -0.4 is 124 Å². The molecule has 1 aliphatic heterocycles. The van der Waals surface area contributed by atoms with Gasteiger partial charge in [0, 0.05) is 32.5 Å². The van der Waals surface area contributed by atoms with Gasteiger partial charge in [0.25, 0.3) is 0 Å². The Morgan fingerprint density at radius 2 is 0.734 bits per heavy atom. The average Bonchev–Trinajstić information content (AvgIpc) is 1.70. The minimum atomic E-state index is -1.90. The summed E-state index contributed by atoms with van der Waals surface area (Å²) < 4.78 is 0. The second-order valence-corrected chi connectivity index (χ2v) is 36.7. The molecule has 19 amide bonds. The molecule has 0 unspecified atom stereocenters. The third-order valence-corrected chi connectivity index (χ3v) is 21.8. The van der Waals surface area contributed by atoms with Crippen LogP contribution in [0.15, 0.2) is 0 Å². The topological polar surface area (TPSA) is 874 Å². The molecule has 53 nitrogen and oxygen atoms in total. The van der Waals surface area contributed by atoms with Crippen molar-refractivity contribution in [3.05, 3.63) is 0 Å². The van der Waals surface area contributed by atoms with E-state index >= 15 is 0 Å². The number of carbonyl (C=O) groups excluding carboxylic acids is 19. The fraction of sp³-hybridized carbons (Fsp3) is 0.721. The van der Waals surface area contributed by atoms with Crippen molar-refractivity contribution in [3.63, 3.8) is 0 Å². The highest BCUT2D eigenvalue weighted by atomic mass is 16.4. The van der Waals surface area contributed by atoms with Crippen molar-refractivity contribution >= 4 is 142 Å². The molecule has 1 saturated heterocycles. The van der Waals surface area contributed by atoms with Crippen LogP contribution in [0.1, 0.15) is 213 Å². The molecule has 0 bridgehead atoms. The molecule has 0 aromatic heterocycles. The van der Waals surface area contributed by atoms with E-state index in [4.69, 9.17) is 39.5 Å². The molecular weight excluding hydrogens is 1830 g/mol. The van der Waals surface area contributed by atoms with Crippen molar-refractivity contribution in [2.75, 3.05) is 39.3 Å². The number of guanidine groups is 2. The fourth-order valence-electron chi connectivity index (χ4n) is 14.2. The number of rotatable bonds is 66. The lowest BCUT2D eigenvalue weighted by Crippen LogP contribution is -2.61. The molecule has 1 heterocycles. The number of hydrogen-bond acceptors (Lipinski definition) is 27. The zero-order valence-corrected chi connectivity index (χ0v) is 81.7. The largest absolute Gasteiger partial charge is 0.481 e. The molecule has 53 heteroatoms. The molecule has 0 spiro atoms. The number of hydrogen-bond donors (Lipinski definition) is 30. The number of aliphatic carboxylic acids is 3. The van der Waals surface area contributed by atoms with Crippen LogP contribution in [0, 0.1) is 52.2 Å². The first-order valence-corrected chi connectivity index (χ1v) is 46.3. The van der Waals surface area contributed by atoms with Crippen LogP contribution in [0.4, 0.5) is 0 Å². The van der Waals surface area contributed by atoms with E-state index in [1.165, 1.54) is 20.8 Å². The van der Waals surface area contributed by atoms with Crippen LogP contribution in [0.5, 0.6) is 0 Å². The first-order chi connectivity index (χ1) is 64.7. The minimum Gasteiger partial charge on any atom is -0.481 e. The van der Waals surface area contributed by atoms with E-state index in [0.717, 1.165) is 4.90 Å². The molecule has 1 aliphatic rings. The van der Waals surface area contributed by atoms with Gasteiger partial charge in [-0.25, -0.2) is 4.79 Å². The number of amides is 19. The second-order valence-electron chi connectivity index (χ2n) is 36.7. The van der Waals surface area contributed by atoms with Crippen molar-refractivity contribution in [1.29, 1.82) is 10.8 Å². The smallest absolute Gasteiger partial charge is 0.326 e. The first-order valence-electron chi connectivity index (χ1n) is 46.3. The zero-order valence-electron chi connectivity index (χ0n) is 81.7. The number of carboxylic acids is 3. The van der Waals surface area contributed by atoms with Gasteiger partial charge in [-0.05, 0) is 125 Å². The number of carboxylic acid groups (broad SMARTS) is 3. The molecule has 0 radical (unpaired) electrons. The molecular formula is C86H150N26O27. The summed E-state index contributed by atoms with van der Waals surface area (Å²) >= 11 is 0. The van der Waals surface area contributed by atoms with Gasteiger partial charge in [-0.2, -0.15) is 0 Å². The van der Waals surface area contributed by atoms with Crippen LogP contribution in [-0.4, -0.2) is 315 Å². The summed E-state index contributed by atoms with van der Waals surface area (Å²) in [5.41, 5.74) is 27.4. The van der Waals surface area contributed by atoms with Gasteiger partial charge in [0.05, 0.1) is 38.6 Å². The van der Waals surface area contributed by atoms with Gasteiger partial charge in [0.15, 0.2) is 11.9 Å². The summed E-state index contributed by atoms with van der Waals surface area (Å²) in [6.45, 7) is 21.0. The van der Waals surface area contributed by atoms with Gasteiger partial charge in [-0.1, -0.05) is 103 Å². The van der Waals surface area contributed by atoms with E-state index in [2.05, 4.69) is 95.7 Å². The summed E-state index contributed by atoms with van der Waals surface area (Å²) in [5.74, 6) is -28.3. The van der Waals surface area contributed by atoms with E-state index in [1.54, 1.807) is 83.1 Å². The summed E-state index contributed by atoms with van der Waals surface area (Å²) in [6, 6.07) is -25.1. The number of nitrogens with one attached hydrogen (secondary N) is 20. The molecule has 0 aromatic rings. The third kappa shape index (κ3) is 47.6. The summed E-state index contributed by atoms with van der Waals surface area (Å²) in [5, 5.41) is 109. The predicted molar refractivity (Wildman–Crippen MR) is 499 cm³/mol. The zero-order chi connectivity index (χ0) is 106. The molecule has 786 valence electrons. The highest BCUT2D eigenvalue weighted by Crippen LogP contribution is 2.22. The summed E-state index contributed by atoms with van der Waals surface area (Å²) in [6.07, 6.45) is -5.85. The van der Waals surface area contributed by atoms with Gasteiger partial charge < -0.3 is 155 Å². The predicted octanol–water partition coefficient (Wildman–Crippen LogP) is -8.67. The first kappa shape index (κ1) is 124. The minimum absolute atomic E-state index is 0.00136. The van der Waals surface area contributed by atoms with Crippen molar-refractivity contribution in [2.24, 2.45) is 70.1 Å². The lowest BCUT2D eigenvalue weighted by atomic mass is 9.97. The van der Waals surface area contributed by atoms with Gasteiger partial charge in [0.1, 0.15) is 96.7 Å². The van der Waals surface area contributed by atoms with E-state index in [-0.39, 0.29) is 114 Å². The van der Waals surface area contributed by atoms with Crippen LogP contribution in [0.3, 0.4) is 0 Å². The number of aliphatic hydroxyl groups excluding tert-OH is 2. The number of carbonyl (C=O) groups is 22. The van der Waals surface area contributed by atoms with Gasteiger partial charge >= 0.3 is 17.9 Å². The lowest BCUT2D eigenvalue weighted by molar-refractivity contribution is -0.146. The Morgan fingerprint density at radius 1 is 0.374 bits per heavy atom. The van der Waals surface area contributed by atoms with E-state index in [9.17, 15) is 131 Å². The molecule has 0 saturated carbocycles. The molecule has 0 aliphatic carbocycles. The van der Waals surface area contributed by atoms with Crippen molar-refractivity contribution < 1.29 is 131 Å². The van der Waals surface area contributed by atoms with Gasteiger partial charge in [-0.3, -0.25) is 112 Å². The monoisotopic (exact) mass is 1980 g/mol. The maximum Gasteiger partial charge on any atom is 0.326 e. The number of likely N-dealkylation sites (tertiary alicyclic amines) is 1. The van der Waals surface area contributed by atoms with Gasteiger partial charge in [-0.15, -0.1) is 0 Å². The Labute approximate surface area is 806 Å². The Bertz CT molecular complexity index is 4250. The SMILES string of the molecule is CC[C@H](C)[C@H](NC(=O)[C@H](CC(N)=O)NC(=O)[C@H](CCC(N)=O)NC(=O)[C@H](CC(C)C)NC(=O)CNC(=O)[C@@H](NC(=O)[C@H](CC(C)C)NC(=O)CNC(=O)[C@H](CCC(=O)O)NC(=O)[C@H](CC(C)C)NC(=O)[C@H](CO)NC(=O)[C@H](CCCNC(=N)N)NC(=O)[C@H](CC(C)C)NC(=O)[C@@H](NC(=O)[C@@H]1CCCN1C(=O)[C@H](CC(=O)O)NC(=O)[C@@H](N)[C@@H](C)O)C(C)C)C(C)C)C(=O)N[C@@H](CCCNC(=N)N)C(=O)O. The van der Waals surface area contributed by atoms with Crippen LogP contribution in [0.2, 0.25) is 0 Å².